The maximum atomic E-state index is 2.41. The van der Waals surface area contributed by atoms with Gasteiger partial charge in [0.2, 0.25) is 0 Å². The van der Waals surface area contributed by atoms with Gasteiger partial charge in [0.25, 0.3) is 0 Å². The van der Waals surface area contributed by atoms with Gasteiger partial charge in [-0.1, -0.05) is 224 Å². The number of nitrogens with zero attached hydrogens (tertiary/aromatic N) is 1. The zero-order chi connectivity index (χ0) is 43.4. The molecular formula is C64H45N. The molecule has 11 aromatic rings. The number of anilines is 3. The third-order valence-corrected chi connectivity index (χ3v) is 12.5. The molecular weight excluding hydrogens is 783 g/mol. The summed E-state index contributed by atoms with van der Waals surface area (Å²) in [5, 5.41) is 2.47. The fourth-order valence-electron chi connectivity index (χ4n) is 9.22. The first-order valence-electron chi connectivity index (χ1n) is 22.3. The fraction of sp³-hybridized carbons (Fsp3) is 0. The van der Waals surface area contributed by atoms with E-state index < -0.39 is 0 Å². The van der Waals surface area contributed by atoms with Gasteiger partial charge in [-0.15, -0.1) is 0 Å². The van der Waals surface area contributed by atoms with E-state index in [0.29, 0.717) is 0 Å². The second-order valence-corrected chi connectivity index (χ2v) is 16.5. The summed E-state index contributed by atoms with van der Waals surface area (Å²) in [7, 11) is 0. The van der Waals surface area contributed by atoms with Gasteiger partial charge in [0.1, 0.15) is 0 Å². The van der Waals surface area contributed by atoms with Crippen molar-refractivity contribution < 1.29 is 0 Å². The van der Waals surface area contributed by atoms with Crippen LogP contribution in [0.5, 0.6) is 0 Å². The third-order valence-electron chi connectivity index (χ3n) is 12.5. The summed E-state index contributed by atoms with van der Waals surface area (Å²) in [6.07, 6.45) is 0. The van der Waals surface area contributed by atoms with E-state index in [-0.39, 0.29) is 0 Å². The van der Waals surface area contributed by atoms with Gasteiger partial charge in [-0.25, -0.2) is 0 Å². The second kappa shape index (κ2) is 17.7. The lowest BCUT2D eigenvalue weighted by Crippen LogP contribution is -2.11. The zero-order valence-corrected chi connectivity index (χ0v) is 35.9. The standard InChI is InChI=1S/C64H45N/c1-5-17-46(18-6-1)49-29-31-53(32-30-49)60-26-15-16-28-63(60)65(59-40-35-54(36-41-59)64-61-27-14-13-25-52(61)37-42-62(64)51-23-11-4-12-24-51)58-38-33-50(34-39-58)57-44-55(47-19-7-2-8-20-47)43-56(45-57)48-21-9-3-10-22-48/h1-45H. The normalized spacial score (nSPS) is 11.1. The molecule has 306 valence electrons. The van der Waals surface area contributed by atoms with Crippen LogP contribution in [0.3, 0.4) is 0 Å². The Morgan fingerprint density at radius 2 is 0.585 bits per heavy atom. The van der Waals surface area contributed by atoms with Crippen molar-refractivity contribution in [1.29, 1.82) is 0 Å². The number of hydrogen-bond acceptors (Lipinski definition) is 1. The summed E-state index contributed by atoms with van der Waals surface area (Å²) in [6.45, 7) is 0. The van der Waals surface area contributed by atoms with Crippen LogP contribution in [0.1, 0.15) is 0 Å². The van der Waals surface area contributed by atoms with Crippen LogP contribution in [-0.4, -0.2) is 0 Å². The Kier molecular flexibility index (Phi) is 10.7. The van der Waals surface area contributed by atoms with Gasteiger partial charge in [0.05, 0.1) is 5.69 Å². The molecule has 1 nitrogen and oxygen atoms in total. The van der Waals surface area contributed by atoms with Crippen LogP contribution in [0.25, 0.3) is 88.7 Å². The Labute approximate surface area is 381 Å². The van der Waals surface area contributed by atoms with E-state index in [2.05, 4.69) is 278 Å². The lowest BCUT2D eigenvalue weighted by molar-refractivity contribution is 1.28. The number of fused-ring (bicyclic) bond motifs is 1. The van der Waals surface area contributed by atoms with Crippen molar-refractivity contribution in [3.8, 4) is 77.9 Å². The molecule has 11 aromatic carbocycles. The average Bonchev–Trinajstić information content (AvgIpc) is 3.40. The molecule has 0 aliphatic rings. The molecule has 0 atom stereocenters. The van der Waals surface area contributed by atoms with Crippen molar-refractivity contribution in [1.82, 2.24) is 0 Å². The number of rotatable bonds is 10. The first-order chi connectivity index (χ1) is 32.2. The minimum Gasteiger partial charge on any atom is -0.310 e. The van der Waals surface area contributed by atoms with Crippen molar-refractivity contribution in [2.75, 3.05) is 4.90 Å². The van der Waals surface area contributed by atoms with Crippen molar-refractivity contribution in [2.24, 2.45) is 0 Å². The van der Waals surface area contributed by atoms with Crippen LogP contribution in [-0.2, 0) is 0 Å². The molecule has 0 bridgehead atoms. The fourth-order valence-corrected chi connectivity index (χ4v) is 9.22. The van der Waals surface area contributed by atoms with Crippen molar-refractivity contribution in [2.45, 2.75) is 0 Å². The minimum absolute atomic E-state index is 1.08. The van der Waals surface area contributed by atoms with Gasteiger partial charge in [-0.05, 0) is 132 Å². The van der Waals surface area contributed by atoms with Gasteiger partial charge < -0.3 is 4.90 Å². The zero-order valence-electron chi connectivity index (χ0n) is 35.9. The van der Waals surface area contributed by atoms with E-state index in [1.165, 1.54) is 72.0 Å². The van der Waals surface area contributed by atoms with Crippen LogP contribution in [0.15, 0.2) is 273 Å². The van der Waals surface area contributed by atoms with Gasteiger partial charge in [0, 0.05) is 16.9 Å². The van der Waals surface area contributed by atoms with Gasteiger partial charge >= 0.3 is 0 Å². The highest BCUT2D eigenvalue weighted by Crippen LogP contribution is 2.44. The van der Waals surface area contributed by atoms with E-state index in [1.54, 1.807) is 0 Å². The Morgan fingerprint density at radius 3 is 1.14 bits per heavy atom. The SMILES string of the molecule is c1ccc(-c2ccc(-c3ccccc3N(c3ccc(-c4cc(-c5ccccc5)cc(-c5ccccc5)c4)cc3)c3ccc(-c4c(-c5ccccc5)ccc5ccccc45)cc3)cc2)cc1. The maximum Gasteiger partial charge on any atom is 0.0540 e. The predicted octanol–water partition coefficient (Wildman–Crippen LogP) is 18.0. The van der Waals surface area contributed by atoms with Crippen LogP contribution < -0.4 is 4.90 Å². The van der Waals surface area contributed by atoms with Crippen molar-refractivity contribution in [3.63, 3.8) is 0 Å². The van der Waals surface area contributed by atoms with Crippen LogP contribution in [0.4, 0.5) is 17.1 Å². The minimum atomic E-state index is 1.08. The monoisotopic (exact) mass is 827 g/mol. The molecule has 0 saturated carbocycles. The highest BCUT2D eigenvalue weighted by molar-refractivity contribution is 6.04. The lowest BCUT2D eigenvalue weighted by Gasteiger charge is -2.28. The number of benzene rings is 11. The van der Waals surface area contributed by atoms with Crippen LogP contribution in [0.2, 0.25) is 0 Å². The Hall–Kier alpha value is -8.52. The molecule has 0 heterocycles. The summed E-state index contributed by atoms with van der Waals surface area (Å²) < 4.78 is 0. The molecule has 0 amide bonds. The quantitative estimate of drug-likeness (QED) is 0.133. The topological polar surface area (TPSA) is 3.24 Å². The van der Waals surface area contributed by atoms with E-state index in [4.69, 9.17) is 0 Å². The highest BCUT2D eigenvalue weighted by atomic mass is 15.1. The third kappa shape index (κ3) is 8.04. The van der Waals surface area contributed by atoms with Gasteiger partial charge in [-0.3, -0.25) is 0 Å². The summed E-state index contributed by atoms with van der Waals surface area (Å²) in [5.74, 6) is 0. The molecule has 0 N–H and O–H groups in total. The van der Waals surface area contributed by atoms with E-state index in [0.717, 1.165) is 33.8 Å². The van der Waals surface area contributed by atoms with E-state index >= 15 is 0 Å². The van der Waals surface area contributed by atoms with Crippen molar-refractivity contribution >= 4 is 27.8 Å². The summed E-state index contributed by atoms with van der Waals surface area (Å²) >= 11 is 0. The van der Waals surface area contributed by atoms with Gasteiger partial charge in [0.15, 0.2) is 0 Å². The molecule has 0 aromatic heterocycles. The molecule has 65 heavy (non-hydrogen) atoms. The Morgan fingerprint density at radius 1 is 0.215 bits per heavy atom. The first kappa shape index (κ1) is 39.3. The second-order valence-electron chi connectivity index (χ2n) is 16.5. The molecule has 0 fully saturated rings. The molecule has 0 spiro atoms. The number of hydrogen-bond donors (Lipinski definition) is 0. The van der Waals surface area contributed by atoms with Crippen molar-refractivity contribution in [3.05, 3.63) is 273 Å². The smallest absolute Gasteiger partial charge is 0.0540 e. The molecule has 0 aliphatic carbocycles. The molecule has 0 saturated heterocycles. The number of para-hydroxylation sites is 1. The largest absolute Gasteiger partial charge is 0.310 e. The lowest BCUT2D eigenvalue weighted by atomic mass is 9.89. The van der Waals surface area contributed by atoms with E-state index in [1.807, 2.05) is 0 Å². The predicted molar refractivity (Wildman–Crippen MR) is 277 cm³/mol. The Balaban J connectivity index is 1.04. The molecule has 0 radical (unpaired) electrons. The molecule has 0 unspecified atom stereocenters. The van der Waals surface area contributed by atoms with Gasteiger partial charge in [-0.2, -0.15) is 0 Å². The van der Waals surface area contributed by atoms with Crippen LogP contribution in [0, 0.1) is 0 Å². The molecule has 11 rings (SSSR count). The van der Waals surface area contributed by atoms with Crippen LogP contribution >= 0.6 is 0 Å². The summed E-state index contributed by atoms with van der Waals surface area (Å²) in [4.78, 5) is 2.41. The summed E-state index contributed by atoms with van der Waals surface area (Å²) in [6, 6.07) is 98.8. The first-order valence-corrected chi connectivity index (χ1v) is 22.3. The summed E-state index contributed by atoms with van der Waals surface area (Å²) in [5.41, 5.74) is 20.0. The Bertz CT molecular complexity index is 3300. The molecule has 1 heteroatoms. The van der Waals surface area contributed by atoms with E-state index in [9.17, 15) is 0 Å². The average molecular weight is 828 g/mol. The highest BCUT2D eigenvalue weighted by Gasteiger charge is 2.19. The molecule has 0 aliphatic heterocycles. The maximum absolute atomic E-state index is 2.41.